The first kappa shape index (κ1) is 11.5. The fraction of sp³-hybridized carbons (Fsp3) is 0.250. The van der Waals surface area contributed by atoms with Crippen LogP contribution in [0, 0.1) is 0 Å². The first-order valence-corrected chi connectivity index (χ1v) is 6.16. The molecule has 0 bridgehead atoms. The smallest absolute Gasteiger partial charge is 0.0685 e. The Kier molecular flexibility index (Phi) is 2.51. The van der Waals surface area contributed by atoms with Crippen LogP contribution in [-0.4, -0.2) is 16.8 Å². The minimum atomic E-state index is -0.411. The van der Waals surface area contributed by atoms with E-state index in [9.17, 15) is 10.2 Å². The van der Waals surface area contributed by atoms with Gasteiger partial charge in [0.1, 0.15) is 0 Å². The Morgan fingerprint density at radius 3 is 2.39 bits per heavy atom. The van der Waals surface area contributed by atoms with Crippen molar-refractivity contribution in [2.75, 3.05) is 6.61 Å². The summed E-state index contributed by atoms with van der Waals surface area (Å²) in [4.78, 5) is 0. The van der Waals surface area contributed by atoms with Crippen LogP contribution in [0.5, 0.6) is 0 Å². The largest absolute Gasteiger partial charge is 0.395 e. The molecular weight excluding hydrogens is 224 g/mol. The number of aliphatic hydroxyl groups excluding tert-OH is 2. The van der Waals surface area contributed by atoms with E-state index in [1.165, 1.54) is 5.56 Å². The maximum atomic E-state index is 9.86. The summed E-state index contributed by atoms with van der Waals surface area (Å²) >= 11 is 0. The molecule has 2 aromatic carbocycles. The fourth-order valence-electron chi connectivity index (χ4n) is 3.11. The molecule has 3 rings (SSSR count). The molecule has 18 heavy (non-hydrogen) atoms. The first-order chi connectivity index (χ1) is 8.72. The molecule has 1 aliphatic rings. The van der Waals surface area contributed by atoms with Gasteiger partial charge in [-0.25, -0.2) is 0 Å². The van der Waals surface area contributed by atoms with Crippen LogP contribution in [0.15, 0.2) is 42.5 Å². The second-order valence-electron chi connectivity index (χ2n) is 5.03. The standard InChI is InChI=1S/C16H16O2/c1-16(10-18)14-8-3-2-6-12(14)13-7-4-5-11(9-17)15(13)16/h2-8,17-18H,9-10H2,1H3. The van der Waals surface area contributed by atoms with Crippen molar-refractivity contribution in [3.05, 3.63) is 59.2 Å². The molecule has 1 unspecified atom stereocenters. The van der Waals surface area contributed by atoms with Crippen LogP contribution in [0.3, 0.4) is 0 Å². The molecular formula is C16H16O2. The van der Waals surface area contributed by atoms with Crippen LogP contribution in [0.25, 0.3) is 11.1 Å². The third-order valence-electron chi connectivity index (χ3n) is 4.00. The highest BCUT2D eigenvalue weighted by Gasteiger charge is 2.40. The van der Waals surface area contributed by atoms with Crippen LogP contribution >= 0.6 is 0 Å². The van der Waals surface area contributed by atoms with Gasteiger partial charge in [-0.15, -0.1) is 0 Å². The van der Waals surface area contributed by atoms with Crippen LogP contribution < -0.4 is 0 Å². The lowest BCUT2D eigenvalue weighted by molar-refractivity contribution is 0.229. The van der Waals surface area contributed by atoms with Gasteiger partial charge in [0.25, 0.3) is 0 Å². The molecule has 1 atom stereocenters. The lowest BCUT2D eigenvalue weighted by atomic mass is 9.79. The summed E-state index contributed by atoms with van der Waals surface area (Å²) in [5, 5.41) is 19.4. The van der Waals surface area contributed by atoms with Gasteiger partial charge < -0.3 is 10.2 Å². The number of aliphatic hydroxyl groups is 2. The summed E-state index contributed by atoms with van der Waals surface area (Å²) < 4.78 is 0. The van der Waals surface area contributed by atoms with Crippen LogP contribution in [-0.2, 0) is 12.0 Å². The zero-order valence-corrected chi connectivity index (χ0v) is 10.4. The Balaban J connectivity index is 2.39. The zero-order chi connectivity index (χ0) is 12.8. The predicted molar refractivity (Wildman–Crippen MR) is 71.3 cm³/mol. The van der Waals surface area contributed by atoms with Gasteiger partial charge in [0.2, 0.25) is 0 Å². The van der Waals surface area contributed by atoms with Gasteiger partial charge in [-0.1, -0.05) is 42.5 Å². The molecule has 0 radical (unpaired) electrons. The summed E-state index contributed by atoms with van der Waals surface area (Å²) in [6.45, 7) is 2.09. The van der Waals surface area contributed by atoms with Crippen LogP contribution in [0.4, 0.5) is 0 Å². The van der Waals surface area contributed by atoms with Gasteiger partial charge in [0.05, 0.1) is 13.2 Å². The number of fused-ring (bicyclic) bond motifs is 3. The average Bonchev–Trinajstić information content (AvgIpc) is 2.70. The van der Waals surface area contributed by atoms with Crippen molar-refractivity contribution in [1.29, 1.82) is 0 Å². The Hall–Kier alpha value is -1.64. The molecule has 0 saturated heterocycles. The van der Waals surface area contributed by atoms with Crippen molar-refractivity contribution < 1.29 is 10.2 Å². The highest BCUT2D eigenvalue weighted by atomic mass is 16.3. The van der Waals surface area contributed by atoms with E-state index < -0.39 is 5.41 Å². The molecule has 1 aliphatic carbocycles. The van der Waals surface area contributed by atoms with Gasteiger partial charge in [-0.2, -0.15) is 0 Å². The lowest BCUT2D eigenvalue weighted by Gasteiger charge is -2.26. The summed E-state index contributed by atoms with van der Waals surface area (Å²) in [6.07, 6.45) is 0. The third-order valence-corrected chi connectivity index (χ3v) is 4.00. The van der Waals surface area contributed by atoms with Crippen molar-refractivity contribution in [2.45, 2.75) is 18.9 Å². The van der Waals surface area contributed by atoms with Crippen molar-refractivity contribution in [1.82, 2.24) is 0 Å². The summed E-state index contributed by atoms with van der Waals surface area (Å²) in [6, 6.07) is 14.1. The summed E-state index contributed by atoms with van der Waals surface area (Å²) in [5.41, 5.74) is 5.00. The van der Waals surface area contributed by atoms with Gasteiger partial charge >= 0.3 is 0 Å². The van der Waals surface area contributed by atoms with Gasteiger partial charge in [-0.05, 0) is 34.7 Å². The van der Waals surface area contributed by atoms with E-state index >= 15 is 0 Å². The van der Waals surface area contributed by atoms with Gasteiger partial charge in [0, 0.05) is 5.41 Å². The minimum absolute atomic E-state index is 0.00670. The Labute approximate surface area is 107 Å². The van der Waals surface area contributed by atoms with Crippen molar-refractivity contribution >= 4 is 0 Å². The summed E-state index contributed by atoms with van der Waals surface area (Å²) in [7, 11) is 0. The van der Waals surface area contributed by atoms with Crippen molar-refractivity contribution in [3.8, 4) is 11.1 Å². The fourth-order valence-corrected chi connectivity index (χ4v) is 3.11. The van der Waals surface area contributed by atoms with Crippen LogP contribution in [0.2, 0.25) is 0 Å². The number of rotatable bonds is 2. The molecule has 0 fully saturated rings. The molecule has 2 nitrogen and oxygen atoms in total. The van der Waals surface area contributed by atoms with E-state index in [1.54, 1.807) is 0 Å². The molecule has 2 aromatic rings. The molecule has 0 amide bonds. The minimum Gasteiger partial charge on any atom is -0.395 e. The van der Waals surface area contributed by atoms with Crippen LogP contribution in [0.1, 0.15) is 23.6 Å². The molecule has 2 heteroatoms. The zero-order valence-electron chi connectivity index (χ0n) is 10.4. The number of hydrogen-bond acceptors (Lipinski definition) is 2. The molecule has 0 aromatic heterocycles. The predicted octanol–water partition coefficient (Wildman–Crippen LogP) is 2.46. The Bertz CT molecular complexity index is 604. The maximum Gasteiger partial charge on any atom is 0.0685 e. The second-order valence-corrected chi connectivity index (χ2v) is 5.03. The lowest BCUT2D eigenvalue weighted by Crippen LogP contribution is -2.26. The number of benzene rings is 2. The normalized spacial score (nSPS) is 20.6. The molecule has 0 aliphatic heterocycles. The third kappa shape index (κ3) is 1.30. The second kappa shape index (κ2) is 3.94. The van der Waals surface area contributed by atoms with E-state index in [0.29, 0.717) is 0 Å². The van der Waals surface area contributed by atoms with E-state index in [2.05, 4.69) is 18.2 Å². The molecule has 0 heterocycles. The van der Waals surface area contributed by atoms with E-state index in [-0.39, 0.29) is 13.2 Å². The SMILES string of the molecule is CC1(CO)c2ccccc2-c2cccc(CO)c21. The molecule has 2 N–H and O–H groups in total. The van der Waals surface area contributed by atoms with Crippen molar-refractivity contribution in [2.24, 2.45) is 0 Å². The first-order valence-electron chi connectivity index (χ1n) is 6.16. The monoisotopic (exact) mass is 240 g/mol. The molecule has 0 saturated carbocycles. The van der Waals surface area contributed by atoms with Gasteiger partial charge in [0.15, 0.2) is 0 Å². The maximum absolute atomic E-state index is 9.86. The van der Waals surface area contributed by atoms with Crippen molar-refractivity contribution in [3.63, 3.8) is 0 Å². The average molecular weight is 240 g/mol. The van der Waals surface area contributed by atoms with E-state index in [1.807, 2.05) is 31.2 Å². The molecule has 0 spiro atoms. The number of hydrogen-bond donors (Lipinski definition) is 2. The quantitative estimate of drug-likeness (QED) is 0.846. The highest BCUT2D eigenvalue weighted by molar-refractivity contribution is 5.82. The Morgan fingerprint density at radius 1 is 0.944 bits per heavy atom. The van der Waals surface area contributed by atoms with E-state index in [4.69, 9.17) is 0 Å². The highest BCUT2D eigenvalue weighted by Crippen LogP contribution is 2.49. The van der Waals surface area contributed by atoms with E-state index in [0.717, 1.165) is 22.3 Å². The van der Waals surface area contributed by atoms with Gasteiger partial charge in [-0.3, -0.25) is 0 Å². The summed E-state index contributed by atoms with van der Waals surface area (Å²) in [5.74, 6) is 0. The molecule has 92 valence electrons. The Morgan fingerprint density at radius 2 is 1.67 bits per heavy atom. The topological polar surface area (TPSA) is 40.5 Å².